The van der Waals surface area contributed by atoms with Gasteiger partial charge < -0.3 is 20.3 Å². The third-order valence-electron chi connectivity index (χ3n) is 3.56. The molecule has 122 valence electrons. The van der Waals surface area contributed by atoms with Crippen molar-refractivity contribution in [3.8, 4) is 0 Å². The SMILES string of the molecule is CCCCC(CC)COCC(O)CNCCCC(C)O. The molecule has 3 unspecified atom stereocenters. The van der Waals surface area contributed by atoms with Gasteiger partial charge in [0, 0.05) is 13.2 Å². The molecule has 0 saturated heterocycles. The maximum atomic E-state index is 9.78. The Bertz CT molecular complexity index is 200. The van der Waals surface area contributed by atoms with Crippen LogP contribution in [0.15, 0.2) is 0 Å². The third-order valence-corrected chi connectivity index (χ3v) is 3.56. The highest BCUT2D eigenvalue weighted by molar-refractivity contribution is 4.61. The summed E-state index contributed by atoms with van der Waals surface area (Å²) in [5.41, 5.74) is 0. The molecule has 0 bridgehead atoms. The molecule has 0 aliphatic carbocycles. The summed E-state index contributed by atoms with van der Waals surface area (Å²) < 4.78 is 5.61. The first-order valence-corrected chi connectivity index (χ1v) is 8.24. The predicted molar refractivity (Wildman–Crippen MR) is 83.9 cm³/mol. The summed E-state index contributed by atoms with van der Waals surface area (Å²) in [6.07, 6.45) is 5.92. The zero-order chi connectivity index (χ0) is 15.2. The topological polar surface area (TPSA) is 61.7 Å². The van der Waals surface area contributed by atoms with E-state index in [1.54, 1.807) is 6.92 Å². The second-order valence-corrected chi connectivity index (χ2v) is 5.80. The van der Waals surface area contributed by atoms with E-state index in [9.17, 15) is 5.11 Å². The fraction of sp³-hybridized carbons (Fsp3) is 1.00. The number of rotatable bonds is 14. The largest absolute Gasteiger partial charge is 0.393 e. The first kappa shape index (κ1) is 19.8. The number of aliphatic hydroxyl groups is 2. The molecule has 0 aliphatic rings. The molecule has 0 fully saturated rings. The van der Waals surface area contributed by atoms with Crippen LogP contribution in [0.1, 0.15) is 59.3 Å². The summed E-state index contributed by atoms with van der Waals surface area (Å²) in [5, 5.41) is 22.1. The molecule has 0 rings (SSSR count). The Morgan fingerprint density at radius 1 is 1.05 bits per heavy atom. The van der Waals surface area contributed by atoms with Crippen molar-refractivity contribution >= 4 is 0 Å². The Kier molecular flexibility index (Phi) is 13.7. The maximum Gasteiger partial charge on any atom is 0.0897 e. The smallest absolute Gasteiger partial charge is 0.0897 e. The molecule has 0 aliphatic heterocycles. The summed E-state index contributed by atoms with van der Waals surface area (Å²) in [6.45, 7) is 8.76. The zero-order valence-electron chi connectivity index (χ0n) is 13.6. The minimum absolute atomic E-state index is 0.237. The van der Waals surface area contributed by atoms with Crippen molar-refractivity contribution in [2.24, 2.45) is 5.92 Å². The lowest BCUT2D eigenvalue weighted by Crippen LogP contribution is -2.31. The highest BCUT2D eigenvalue weighted by Crippen LogP contribution is 2.12. The van der Waals surface area contributed by atoms with Crippen LogP contribution in [0, 0.1) is 5.92 Å². The van der Waals surface area contributed by atoms with Crippen molar-refractivity contribution in [2.45, 2.75) is 71.5 Å². The van der Waals surface area contributed by atoms with Crippen molar-refractivity contribution in [1.29, 1.82) is 0 Å². The van der Waals surface area contributed by atoms with Gasteiger partial charge in [0.15, 0.2) is 0 Å². The predicted octanol–water partition coefficient (Wildman–Crippen LogP) is 2.33. The molecule has 0 amide bonds. The van der Waals surface area contributed by atoms with Crippen LogP contribution in [0.3, 0.4) is 0 Å². The van der Waals surface area contributed by atoms with Crippen LogP contribution < -0.4 is 5.32 Å². The summed E-state index contributed by atoms with van der Waals surface area (Å²) in [6, 6.07) is 0. The van der Waals surface area contributed by atoms with Gasteiger partial charge in [0.1, 0.15) is 0 Å². The second-order valence-electron chi connectivity index (χ2n) is 5.80. The Labute approximate surface area is 124 Å². The van der Waals surface area contributed by atoms with Gasteiger partial charge in [-0.1, -0.05) is 33.1 Å². The van der Waals surface area contributed by atoms with Gasteiger partial charge in [-0.05, 0) is 38.6 Å². The first-order chi connectivity index (χ1) is 9.60. The van der Waals surface area contributed by atoms with Crippen molar-refractivity contribution in [1.82, 2.24) is 5.32 Å². The van der Waals surface area contributed by atoms with E-state index in [0.717, 1.165) is 32.4 Å². The highest BCUT2D eigenvalue weighted by Gasteiger charge is 2.08. The first-order valence-electron chi connectivity index (χ1n) is 8.24. The fourth-order valence-corrected chi connectivity index (χ4v) is 2.12. The highest BCUT2D eigenvalue weighted by atomic mass is 16.5. The number of unbranched alkanes of at least 4 members (excludes halogenated alkanes) is 1. The van der Waals surface area contributed by atoms with E-state index in [-0.39, 0.29) is 6.10 Å². The molecule has 0 radical (unpaired) electrons. The maximum absolute atomic E-state index is 9.78. The summed E-state index contributed by atoms with van der Waals surface area (Å²) in [4.78, 5) is 0. The molecule has 3 atom stereocenters. The van der Waals surface area contributed by atoms with Crippen LogP contribution in [0.25, 0.3) is 0 Å². The molecular weight excluding hydrogens is 254 g/mol. The zero-order valence-corrected chi connectivity index (χ0v) is 13.6. The van der Waals surface area contributed by atoms with Crippen molar-refractivity contribution in [3.05, 3.63) is 0 Å². The minimum atomic E-state index is -0.440. The Balaban J connectivity index is 3.44. The average Bonchev–Trinajstić information content (AvgIpc) is 2.41. The number of hydrogen-bond acceptors (Lipinski definition) is 4. The van der Waals surface area contributed by atoms with Gasteiger partial charge >= 0.3 is 0 Å². The molecule has 0 heterocycles. The Hall–Kier alpha value is -0.160. The van der Waals surface area contributed by atoms with Crippen LogP contribution in [0.5, 0.6) is 0 Å². The molecular formula is C16H35NO3. The molecule has 0 spiro atoms. The van der Waals surface area contributed by atoms with E-state index in [0.29, 0.717) is 19.1 Å². The van der Waals surface area contributed by atoms with E-state index in [4.69, 9.17) is 9.84 Å². The summed E-state index contributed by atoms with van der Waals surface area (Å²) in [7, 11) is 0. The molecule has 4 heteroatoms. The van der Waals surface area contributed by atoms with Crippen LogP contribution in [-0.2, 0) is 4.74 Å². The van der Waals surface area contributed by atoms with Gasteiger partial charge in [0.25, 0.3) is 0 Å². The van der Waals surface area contributed by atoms with Crippen molar-refractivity contribution in [3.63, 3.8) is 0 Å². The molecule has 0 saturated carbocycles. The lowest BCUT2D eigenvalue weighted by Gasteiger charge is -2.17. The summed E-state index contributed by atoms with van der Waals surface area (Å²) >= 11 is 0. The third kappa shape index (κ3) is 12.9. The monoisotopic (exact) mass is 289 g/mol. The number of hydrogen-bond donors (Lipinski definition) is 3. The quantitative estimate of drug-likeness (QED) is 0.430. The molecule has 20 heavy (non-hydrogen) atoms. The molecule has 0 aromatic rings. The average molecular weight is 289 g/mol. The van der Waals surface area contributed by atoms with Crippen molar-refractivity contribution in [2.75, 3.05) is 26.3 Å². The van der Waals surface area contributed by atoms with Gasteiger partial charge in [-0.3, -0.25) is 0 Å². The van der Waals surface area contributed by atoms with Gasteiger partial charge in [0.05, 0.1) is 18.8 Å². The van der Waals surface area contributed by atoms with Gasteiger partial charge in [-0.25, -0.2) is 0 Å². The van der Waals surface area contributed by atoms with E-state index in [2.05, 4.69) is 19.2 Å². The fourth-order valence-electron chi connectivity index (χ4n) is 2.12. The van der Waals surface area contributed by atoms with Gasteiger partial charge in [-0.2, -0.15) is 0 Å². The van der Waals surface area contributed by atoms with Crippen molar-refractivity contribution < 1.29 is 14.9 Å². The Morgan fingerprint density at radius 3 is 2.40 bits per heavy atom. The standard InChI is InChI=1S/C16H35NO3/c1-4-6-9-15(5-2)12-20-13-16(19)11-17-10-7-8-14(3)18/h14-19H,4-13H2,1-3H3. The lowest BCUT2D eigenvalue weighted by molar-refractivity contribution is 0.0193. The van der Waals surface area contributed by atoms with Crippen LogP contribution in [-0.4, -0.2) is 48.7 Å². The van der Waals surface area contributed by atoms with Gasteiger partial charge in [-0.15, -0.1) is 0 Å². The van der Waals surface area contributed by atoms with E-state index >= 15 is 0 Å². The minimum Gasteiger partial charge on any atom is -0.393 e. The summed E-state index contributed by atoms with van der Waals surface area (Å²) in [5.74, 6) is 0.626. The number of aliphatic hydroxyl groups excluding tert-OH is 2. The lowest BCUT2D eigenvalue weighted by atomic mass is 10.0. The number of nitrogens with one attached hydrogen (secondary N) is 1. The van der Waals surface area contributed by atoms with E-state index in [1.807, 2.05) is 0 Å². The molecule has 0 aromatic heterocycles. The normalized spacial score (nSPS) is 16.1. The molecule has 3 N–H and O–H groups in total. The second kappa shape index (κ2) is 13.8. The van der Waals surface area contributed by atoms with Crippen LogP contribution >= 0.6 is 0 Å². The molecule has 0 aromatic carbocycles. The molecule has 4 nitrogen and oxygen atoms in total. The van der Waals surface area contributed by atoms with Crippen LogP contribution in [0.2, 0.25) is 0 Å². The number of ether oxygens (including phenoxy) is 1. The van der Waals surface area contributed by atoms with Crippen LogP contribution in [0.4, 0.5) is 0 Å². The Morgan fingerprint density at radius 2 is 1.80 bits per heavy atom. The van der Waals surface area contributed by atoms with Gasteiger partial charge in [0.2, 0.25) is 0 Å². The van der Waals surface area contributed by atoms with E-state index < -0.39 is 6.10 Å². The van der Waals surface area contributed by atoms with E-state index in [1.165, 1.54) is 19.3 Å².